The van der Waals surface area contributed by atoms with Crippen LogP contribution in [0, 0.1) is 5.41 Å². The zero-order valence-electron chi connectivity index (χ0n) is 13.1. The molecule has 1 aromatic heterocycles. The summed E-state index contributed by atoms with van der Waals surface area (Å²) in [6.45, 7) is 3.67. The predicted octanol–water partition coefficient (Wildman–Crippen LogP) is 2.22. The number of aromatic nitrogens is 1. The number of piperidine rings is 1. The summed E-state index contributed by atoms with van der Waals surface area (Å²) in [5, 5.41) is 0. The maximum atomic E-state index is 12.4. The minimum atomic E-state index is -4.42. The van der Waals surface area contributed by atoms with Crippen LogP contribution in [-0.4, -0.2) is 47.7 Å². The molecule has 1 fully saturated rings. The van der Waals surface area contributed by atoms with E-state index in [1.807, 2.05) is 13.8 Å². The van der Waals surface area contributed by atoms with Gasteiger partial charge in [-0.2, -0.15) is 13.2 Å². The molecule has 2 heterocycles. The third kappa shape index (κ3) is 4.57. The highest BCUT2D eigenvalue weighted by molar-refractivity contribution is 5.94. The number of rotatable bonds is 3. The Morgan fingerprint density at radius 2 is 2.17 bits per heavy atom. The zero-order valence-corrected chi connectivity index (χ0v) is 13.1. The van der Waals surface area contributed by atoms with Crippen molar-refractivity contribution in [3.05, 3.63) is 23.9 Å². The number of pyridine rings is 1. The lowest BCUT2D eigenvalue weighted by molar-refractivity contribution is -0.154. The Morgan fingerprint density at radius 3 is 2.70 bits per heavy atom. The molecule has 2 N–H and O–H groups in total. The van der Waals surface area contributed by atoms with E-state index < -0.39 is 12.8 Å². The van der Waals surface area contributed by atoms with E-state index >= 15 is 0 Å². The van der Waals surface area contributed by atoms with Crippen LogP contribution in [0.3, 0.4) is 0 Å². The molecule has 5 nitrogen and oxygen atoms in total. The van der Waals surface area contributed by atoms with E-state index in [-0.39, 0.29) is 23.2 Å². The maximum absolute atomic E-state index is 12.4. The van der Waals surface area contributed by atoms with Gasteiger partial charge in [0.1, 0.15) is 0 Å². The Hall–Kier alpha value is -1.83. The van der Waals surface area contributed by atoms with Gasteiger partial charge in [-0.05, 0) is 17.9 Å². The second-order valence-electron chi connectivity index (χ2n) is 6.40. The summed E-state index contributed by atoms with van der Waals surface area (Å²) < 4.78 is 40.7. The third-order valence-corrected chi connectivity index (χ3v) is 3.97. The highest BCUT2D eigenvalue weighted by Gasteiger charge is 2.35. The molecule has 1 aliphatic rings. The summed E-state index contributed by atoms with van der Waals surface area (Å²) in [5.74, 6) is -0.375. The van der Waals surface area contributed by atoms with Crippen LogP contribution in [-0.2, 0) is 0 Å². The van der Waals surface area contributed by atoms with Gasteiger partial charge >= 0.3 is 6.18 Å². The van der Waals surface area contributed by atoms with E-state index in [1.54, 1.807) is 4.90 Å². The summed E-state index contributed by atoms with van der Waals surface area (Å²) >= 11 is 0. The van der Waals surface area contributed by atoms with Gasteiger partial charge in [-0.15, -0.1) is 0 Å². The van der Waals surface area contributed by atoms with Crippen LogP contribution in [0.15, 0.2) is 18.3 Å². The minimum absolute atomic E-state index is 0.0304. The van der Waals surface area contributed by atoms with E-state index in [4.69, 9.17) is 5.73 Å². The van der Waals surface area contributed by atoms with Crippen molar-refractivity contribution in [2.24, 2.45) is 11.1 Å². The topological polar surface area (TPSA) is 68.5 Å². The molecule has 0 spiro atoms. The summed E-state index contributed by atoms with van der Waals surface area (Å²) in [6, 6.07) is 2.71. The number of nitrogens with two attached hydrogens (primary N) is 1. The van der Waals surface area contributed by atoms with Crippen LogP contribution < -0.4 is 10.5 Å². The molecule has 0 saturated carbocycles. The van der Waals surface area contributed by atoms with Crippen LogP contribution in [0.5, 0.6) is 5.88 Å². The van der Waals surface area contributed by atoms with Crippen molar-refractivity contribution in [1.29, 1.82) is 0 Å². The lowest BCUT2D eigenvalue weighted by atomic mass is 9.79. The average Bonchev–Trinajstić information content (AvgIpc) is 2.47. The van der Waals surface area contributed by atoms with Gasteiger partial charge in [-0.25, -0.2) is 4.98 Å². The number of alkyl halides is 3. The van der Waals surface area contributed by atoms with Crippen LogP contribution in [0.25, 0.3) is 0 Å². The van der Waals surface area contributed by atoms with Gasteiger partial charge in [0.25, 0.3) is 5.91 Å². The zero-order chi connectivity index (χ0) is 17.3. The molecule has 1 aromatic rings. The highest BCUT2D eigenvalue weighted by atomic mass is 19.4. The molecule has 2 rings (SSSR count). The lowest BCUT2D eigenvalue weighted by Crippen LogP contribution is -2.54. The summed E-state index contributed by atoms with van der Waals surface area (Å²) in [6.07, 6.45) is -2.48. The quantitative estimate of drug-likeness (QED) is 0.922. The van der Waals surface area contributed by atoms with Gasteiger partial charge in [-0.3, -0.25) is 4.79 Å². The molecular weight excluding hydrogens is 311 g/mol. The lowest BCUT2D eigenvalue weighted by Gasteiger charge is -2.42. The molecule has 128 valence electrons. The Morgan fingerprint density at radius 1 is 1.48 bits per heavy atom. The second-order valence-corrected chi connectivity index (χ2v) is 6.40. The average molecular weight is 331 g/mol. The number of likely N-dealkylation sites (tertiary alicyclic amines) is 1. The van der Waals surface area contributed by atoms with Crippen molar-refractivity contribution in [3.63, 3.8) is 0 Å². The molecule has 0 bridgehead atoms. The van der Waals surface area contributed by atoms with E-state index in [9.17, 15) is 18.0 Å². The van der Waals surface area contributed by atoms with Crippen molar-refractivity contribution in [1.82, 2.24) is 9.88 Å². The van der Waals surface area contributed by atoms with Crippen LogP contribution in [0.4, 0.5) is 13.2 Å². The molecule has 1 unspecified atom stereocenters. The van der Waals surface area contributed by atoms with E-state index in [2.05, 4.69) is 9.72 Å². The SMILES string of the molecule is CC1(C)CN(C(=O)c2ccc(OCC(F)(F)F)nc2)CCC1N. The number of ether oxygens (including phenoxy) is 1. The van der Waals surface area contributed by atoms with Gasteiger partial charge in [-0.1, -0.05) is 13.8 Å². The summed E-state index contributed by atoms with van der Waals surface area (Å²) in [5.41, 5.74) is 6.18. The number of carbonyl (C=O) groups excluding carboxylic acids is 1. The van der Waals surface area contributed by atoms with Crippen molar-refractivity contribution < 1.29 is 22.7 Å². The van der Waals surface area contributed by atoms with Crippen LogP contribution >= 0.6 is 0 Å². The molecule has 0 radical (unpaired) electrons. The van der Waals surface area contributed by atoms with Gasteiger partial charge < -0.3 is 15.4 Å². The first-order valence-electron chi connectivity index (χ1n) is 7.29. The normalized spacial score (nSPS) is 21.1. The smallest absolute Gasteiger partial charge is 0.422 e. The van der Waals surface area contributed by atoms with E-state index in [1.165, 1.54) is 18.3 Å². The highest BCUT2D eigenvalue weighted by Crippen LogP contribution is 2.28. The molecule has 0 aliphatic carbocycles. The molecule has 1 saturated heterocycles. The van der Waals surface area contributed by atoms with Gasteiger partial charge in [0.2, 0.25) is 5.88 Å². The first kappa shape index (κ1) is 17.5. The fourth-order valence-electron chi connectivity index (χ4n) is 2.48. The molecule has 1 atom stereocenters. The molecule has 23 heavy (non-hydrogen) atoms. The molecular formula is C15H20F3N3O2. The summed E-state index contributed by atoms with van der Waals surface area (Å²) in [4.78, 5) is 17.9. The van der Waals surface area contributed by atoms with Crippen LogP contribution in [0.2, 0.25) is 0 Å². The number of amides is 1. The number of hydrogen-bond acceptors (Lipinski definition) is 4. The predicted molar refractivity (Wildman–Crippen MR) is 78.1 cm³/mol. The molecule has 1 aliphatic heterocycles. The third-order valence-electron chi connectivity index (χ3n) is 3.97. The van der Waals surface area contributed by atoms with Gasteiger partial charge in [0.05, 0.1) is 5.56 Å². The van der Waals surface area contributed by atoms with Gasteiger partial charge in [0.15, 0.2) is 6.61 Å². The Bertz CT molecular complexity index is 558. The van der Waals surface area contributed by atoms with Crippen molar-refractivity contribution in [2.75, 3.05) is 19.7 Å². The molecule has 1 amide bonds. The van der Waals surface area contributed by atoms with Crippen molar-refractivity contribution in [3.8, 4) is 5.88 Å². The van der Waals surface area contributed by atoms with Crippen LogP contribution in [0.1, 0.15) is 30.6 Å². The Balaban J connectivity index is 2.00. The molecule has 8 heteroatoms. The summed E-state index contributed by atoms with van der Waals surface area (Å²) in [7, 11) is 0. The number of halogens is 3. The Kier molecular flexibility index (Phi) is 4.84. The first-order valence-corrected chi connectivity index (χ1v) is 7.29. The second kappa shape index (κ2) is 6.35. The largest absolute Gasteiger partial charge is 0.468 e. The minimum Gasteiger partial charge on any atom is -0.468 e. The van der Waals surface area contributed by atoms with Crippen molar-refractivity contribution in [2.45, 2.75) is 32.5 Å². The number of hydrogen-bond donors (Lipinski definition) is 1. The van der Waals surface area contributed by atoms with Gasteiger partial charge in [0, 0.05) is 31.4 Å². The Labute approximate surface area is 132 Å². The maximum Gasteiger partial charge on any atom is 0.422 e. The fourth-order valence-corrected chi connectivity index (χ4v) is 2.48. The fraction of sp³-hybridized carbons (Fsp3) is 0.600. The monoisotopic (exact) mass is 331 g/mol. The standard InChI is InChI=1S/C15H20F3N3O2/c1-14(2)8-21(6-5-11(14)19)13(22)10-3-4-12(20-7-10)23-9-15(16,17)18/h3-4,7,11H,5-6,8-9,19H2,1-2H3. The van der Waals surface area contributed by atoms with E-state index in [0.717, 1.165) is 0 Å². The first-order chi connectivity index (χ1) is 10.6. The van der Waals surface area contributed by atoms with Crippen molar-refractivity contribution >= 4 is 5.91 Å². The number of nitrogens with zero attached hydrogens (tertiary/aromatic N) is 2. The molecule has 0 aromatic carbocycles. The van der Waals surface area contributed by atoms with E-state index in [0.29, 0.717) is 25.1 Å². The number of carbonyl (C=O) groups is 1.